The van der Waals surface area contributed by atoms with Gasteiger partial charge in [0.25, 0.3) is 0 Å². The van der Waals surface area contributed by atoms with E-state index in [0.29, 0.717) is 12.8 Å². The van der Waals surface area contributed by atoms with Crippen molar-refractivity contribution in [2.75, 3.05) is 18.0 Å². The number of anilines is 1. The number of aromatic hydroxyl groups is 1. The van der Waals surface area contributed by atoms with Crippen molar-refractivity contribution in [2.24, 2.45) is 5.18 Å². The summed E-state index contributed by atoms with van der Waals surface area (Å²) in [6, 6.07) is 10.1. The SMILES string of the molecule is CCN(CC)c1ccc(C(CCc2ccc(C(=O)O)c(O)c2)N=O)cc1C(C)(C)C. The highest BCUT2D eigenvalue weighted by atomic mass is 16.4. The molecule has 2 rings (SSSR count). The van der Waals surface area contributed by atoms with Crippen molar-refractivity contribution >= 4 is 11.7 Å². The van der Waals surface area contributed by atoms with Crippen LogP contribution in [0.25, 0.3) is 0 Å². The number of nitroso groups, excluding NO2 is 1. The molecule has 2 aromatic carbocycles. The van der Waals surface area contributed by atoms with Crippen LogP contribution in [0.1, 0.15) is 74.1 Å². The molecule has 0 aliphatic heterocycles. The number of carboxylic acid groups (broad SMARTS) is 1. The van der Waals surface area contributed by atoms with E-state index in [4.69, 9.17) is 5.11 Å². The van der Waals surface area contributed by atoms with Gasteiger partial charge in [-0.3, -0.25) is 0 Å². The van der Waals surface area contributed by atoms with E-state index in [2.05, 4.69) is 56.8 Å². The summed E-state index contributed by atoms with van der Waals surface area (Å²) in [5, 5.41) is 22.3. The van der Waals surface area contributed by atoms with Crippen molar-refractivity contribution in [1.29, 1.82) is 0 Å². The predicted molar refractivity (Wildman–Crippen MR) is 121 cm³/mol. The number of benzene rings is 2. The predicted octanol–water partition coefficient (Wildman–Crippen LogP) is 5.67. The normalized spacial score (nSPS) is 12.4. The Morgan fingerprint density at radius 1 is 1.10 bits per heavy atom. The molecule has 0 aliphatic carbocycles. The zero-order chi connectivity index (χ0) is 22.5. The van der Waals surface area contributed by atoms with Crippen LogP contribution in [-0.2, 0) is 11.8 Å². The van der Waals surface area contributed by atoms with Crippen LogP contribution in [-0.4, -0.2) is 29.3 Å². The van der Waals surface area contributed by atoms with Gasteiger partial charge in [0, 0.05) is 18.8 Å². The number of hydrogen-bond donors (Lipinski definition) is 2. The number of nitrogens with zero attached hydrogens (tertiary/aromatic N) is 2. The van der Waals surface area contributed by atoms with Gasteiger partial charge < -0.3 is 15.1 Å². The Bertz CT molecular complexity index is 899. The van der Waals surface area contributed by atoms with Crippen LogP contribution < -0.4 is 4.90 Å². The Morgan fingerprint density at radius 2 is 1.77 bits per heavy atom. The first-order valence-electron chi connectivity index (χ1n) is 10.4. The van der Waals surface area contributed by atoms with Crippen LogP contribution in [0.2, 0.25) is 0 Å². The maximum atomic E-state index is 11.6. The first kappa shape index (κ1) is 23.4. The van der Waals surface area contributed by atoms with Crippen LogP contribution in [0, 0.1) is 4.91 Å². The van der Waals surface area contributed by atoms with Gasteiger partial charge in [0.15, 0.2) is 0 Å². The molecule has 30 heavy (non-hydrogen) atoms. The van der Waals surface area contributed by atoms with Crippen molar-refractivity contribution in [1.82, 2.24) is 0 Å². The minimum Gasteiger partial charge on any atom is -0.507 e. The van der Waals surface area contributed by atoms with Gasteiger partial charge in [-0.05, 0) is 67.0 Å². The van der Waals surface area contributed by atoms with Crippen LogP contribution in [0.15, 0.2) is 41.6 Å². The maximum Gasteiger partial charge on any atom is 0.339 e. The molecule has 0 amide bonds. The number of aromatic carboxylic acids is 1. The molecule has 0 fully saturated rings. The number of phenols is 1. The molecule has 162 valence electrons. The van der Waals surface area contributed by atoms with Gasteiger partial charge in [0.05, 0.1) is 0 Å². The van der Waals surface area contributed by atoms with Gasteiger partial charge in [0.2, 0.25) is 0 Å². The summed E-state index contributed by atoms with van der Waals surface area (Å²) in [5.41, 5.74) is 3.78. The lowest BCUT2D eigenvalue weighted by molar-refractivity contribution is 0.0693. The molecule has 0 heterocycles. The Hall–Kier alpha value is -2.89. The van der Waals surface area contributed by atoms with Crippen molar-refractivity contribution in [3.05, 3.63) is 63.6 Å². The molecule has 0 aliphatic rings. The minimum atomic E-state index is -1.17. The van der Waals surface area contributed by atoms with Gasteiger partial charge in [-0.25, -0.2) is 4.79 Å². The molecule has 0 bridgehead atoms. The number of hydrogen-bond acceptors (Lipinski definition) is 5. The molecule has 0 spiro atoms. The molecule has 0 saturated heterocycles. The molecule has 0 saturated carbocycles. The second kappa shape index (κ2) is 9.74. The largest absolute Gasteiger partial charge is 0.507 e. The molecule has 2 aromatic rings. The Labute approximate surface area is 178 Å². The van der Waals surface area contributed by atoms with Crippen LogP contribution in [0.5, 0.6) is 5.75 Å². The van der Waals surface area contributed by atoms with E-state index in [1.165, 1.54) is 23.4 Å². The fourth-order valence-electron chi connectivity index (χ4n) is 3.70. The van der Waals surface area contributed by atoms with Crippen LogP contribution >= 0.6 is 0 Å². The summed E-state index contributed by atoms with van der Waals surface area (Å²) in [6.07, 6.45) is 0.982. The molecule has 2 N–H and O–H groups in total. The van der Waals surface area contributed by atoms with E-state index in [1.807, 2.05) is 6.07 Å². The second-order valence-corrected chi connectivity index (χ2v) is 8.52. The van der Waals surface area contributed by atoms with Gasteiger partial charge in [0.1, 0.15) is 17.4 Å². The van der Waals surface area contributed by atoms with Crippen LogP contribution in [0.4, 0.5) is 5.69 Å². The highest BCUT2D eigenvalue weighted by Gasteiger charge is 2.23. The van der Waals surface area contributed by atoms with Gasteiger partial charge in [-0.2, -0.15) is 4.91 Å². The summed E-state index contributed by atoms with van der Waals surface area (Å²) in [4.78, 5) is 25.0. The number of aryl methyl sites for hydroxylation is 1. The van der Waals surface area contributed by atoms with E-state index in [0.717, 1.165) is 24.2 Å². The van der Waals surface area contributed by atoms with Crippen molar-refractivity contribution in [2.45, 2.75) is 58.9 Å². The molecule has 1 unspecified atom stereocenters. The zero-order valence-electron chi connectivity index (χ0n) is 18.5. The number of carbonyl (C=O) groups is 1. The quantitative estimate of drug-likeness (QED) is 0.518. The second-order valence-electron chi connectivity index (χ2n) is 8.52. The third-order valence-electron chi connectivity index (χ3n) is 5.44. The highest BCUT2D eigenvalue weighted by molar-refractivity contribution is 5.90. The van der Waals surface area contributed by atoms with Crippen molar-refractivity contribution in [3.8, 4) is 5.75 Å². The third-order valence-corrected chi connectivity index (χ3v) is 5.44. The summed E-state index contributed by atoms with van der Waals surface area (Å²) in [7, 11) is 0. The third kappa shape index (κ3) is 5.38. The van der Waals surface area contributed by atoms with E-state index in [9.17, 15) is 14.8 Å². The summed E-state index contributed by atoms with van der Waals surface area (Å²) < 4.78 is 0. The molecule has 0 radical (unpaired) electrons. The molecule has 6 nitrogen and oxygen atoms in total. The number of carboxylic acids is 1. The lowest BCUT2D eigenvalue weighted by Gasteiger charge is -2.31. The average Bonchev–Trinajstić information content (AvgIpc) is 2.69. The zero-order valence-corrected chi connectivity index (χ0v) is 18.5. The molecular formula is C24H32N2O4. The molecule has 6 heteroatoms. The molecule has 1 atom stereocenters. The standard InChI is InChI=1S/C24H32N2O4/c1-6-26(7-2)21-13-10-17(15-19(21)24(3,4)5)20(25-30)12-9-16-8-11-18(23(28)29)22(27)14-16/h8,10-11,13-15,20,27H,6-7,9,12H2,1-5H3,(H,28,29). The summed E-state index contributed by atoms with van der Waals surface area (Å²) >= 11 is 0. The fraction of sp³-hybridized carbons (Fsp3) is 0.458. The summed E-state index contributed by atoms with van der Waals surface area (Å²) in [5.74, 6) is -1.44. The minimum absolute atomic E-state index is 0.0835. The Kier molecular flexibility index (Phi) is 7.59. The highest BCUT2D eigenvalue weighted by Crippen LogP contribution is 2.36. The van der Waals surface area contributed by atoms with Gasteiger partial charge in [-0.1, -0.05) is 44.1 Å². The first-order valence-corrected chi connectivity index (χ1v) is 10.4. The van der Waals surface area contributed by atoms with E-state index < -0.39 is 12.0 Å². The lowest BCUT2D eigenvalue weighted by Crippen LogP contribution is -2.26. The van der Waals surface area contributed by atoms with E-state index in [1.54, 1.807) is 6.07 Å². The maximum absolute atomic E-state index is 11.6. The summed E-state index contributed by atoms with van der Waals surface area (Å²) in [6.45, 7) is 12.6. The fourth-order valence-corrected chi connectivity index (χ4v) is 3.70. The Morgan fingerprint density at radius 3 is 2.27 bits per heavy atom. The first-order chi connectivity index (χ1) is 14.1. The van der Waals surface area contributed by atoms with E-state index >= 15 is 0 Å². The molecule has 0 aromatic heterocycles. The average molecular weight is 413 g/mol. The topological polar surface area (TPSA) is 90.2 Å². The smallest absolute Gasteiger partial charge is 0.339 e. The lowest BCUT2D eigenvalue weighted by atomic mass is 9.83. The van der Waals surface area contributed by atoms with Crippen molar-refractivity contribution in [3.63, 3.8) is 0 Å². The van der Waals surface area contributed by atoms with Gasteiger partial charge in [-0.15, -0.1) is 0 Å². The number of rotatable bonds is 9. The van der Waals surface area contributed by atoms with E-state index in [-0.39, 0.29) is 16.7 Å². The molecular weight excluding hydrogens is 380 g/mol. The van der Waals surface area contributed by atoms with Crippen LogP contribution in [0.3, 0.4) is 0 Å². The van der Waals surface area contributed by atoms with Gasteiger partial charge >= 0.3 is 5.97 Å². The monoisotopic (exact) mass is 412 g/mol. The van der Waals surface area contributed by atoms with Crippen molar-refractivity contribution < 1.29 is 15.0 Å². The Balaban J connectivity index is 2.29.